The molecular weight excluding hydrogens is 451 g/mol. The van der Waals surface area contributed by atoms with Crippen LogP contribution < -0.4 is 15.6 Å². The third kappa shape index (κ3) is 5.95. The molecule has 0 aliphatic rings. The summed E-state index contributed by atoms with van der Waals surface area (Å²) in [6.07, 6.45) is 0. The Balaban J connectivity index is 1.71. The van der Waals surface area contributed by atoms with Gasteiger partial charge in [0.2, 0.25) is 0 Å². The predicted octanol–water partition coefficient (Wildman–Crippen LogP) is 3.52. The van der Waals surface area contributed by atoms with Crippen molar-refractivity contribution < 1.29 is 18.7 Å². The molecule has 0 saturated heterocycles. The maximum Gasteiger partial charge on any atom is 0.276 e. The number of halogens is 2. The third-order valence-electron chi connectivity index (χ3n) is 4.76. The number of amides is 2. The Labute approximate surface area is 194 Å². The van der Waals surface area contributed by atoms with Crippen molar-refractivity contribution in [2.75, 3.05) is 25.0 Å². The Morgan fingerprint density at radius 3 is 2.42 bits per heavy atom. The summed E-state index contributed by atoms with van der Waals surface area (Å²) in [5.41, 5.74) is 0.191. The number of anilines is 1. The second kappa shape index (κ2) is 10.7. The van der Waals surface area contributed by atoms with Crippen LogP contribution in [0, 0.1) is 5.82 Å². The van der Waals surface area contributed by atoms with E-state index in [1.807, 2.05) is 13.8 Å². The van der Waals surface area contributed by atoms with Crippen LogP contribution in [0.4, 0.5) is 10.1 Å². The number of hydrogen-bond donors (Lipinski definition) is 1. The second-order valence-corrected chi connectivity index (χ2v) is 7.31. The van der Waals surface area contributed by atoms with Gasteiger partial charge in [0, 0.05) is 24.8 Å². The van der Waals surface area contributed by atoms with E-state index in [-0.39, 0.29) is 23.2 Å². The molecule has 2 amide bonds. The van der Waals surface area contributed by atoms with E-state index in [1.165, 1.54) is 42.5 Å². The van der Waals surface area contributed by atoms with Crippen molar-refractivity contribution in [1.82, 2.24) is 14.7 Å². The molecule has 0 atom stereocenters. The molecule has 1 N–H and O–H groups in total. The second-order valence-electron chi connectivity index (χ2n) is 6.90. The minimum atomic E-state index is -0.577. The van der Waals surface area contributed by atoms with Crippen LogP contribution in [0.1, 0.15) is 24.3 Å². The number of nitrogens with zero attached hydrogens (tertiary/aromatic N) is 3. The fraction of sp³-hybridized carbons (Fsp3) is 0.217. The maximum absolute atomic E-state index is 13.2. The minimum absolute atomic E-state index is 0.0276. The third-order valence-corrected chi connectivity index (χ3v) is 5.06. The van der Waals surface area contributed by atoms with Crippen LogP contribution in [0.15, 0.2) is 59.4 Å². The van der Waals surface area contributed by atoms with Gasteiger partial charge in [-0.2, -0.15) is 9.78 Å². The standard InChI is InChI=1S/C23H22ClFN4O4/c1-3-28(4-2)22(31)14-33-20-11-7-16(13-18(20)24)26-23(32)19-10-12-21(30)29(27-19)17-8-5-15(25)6-9-17/h5-13H,3-4,14H2,1-2H3,(H,26,32). The van der Waals surface area contributed by atoms with Gasteiger partial charge < -0.3 is 15.0 Å². The summed E-state index contributed by atoms with van der Waals surface area (Å²) < 4.78 is 19.7. The van der Waals surface area contributed by atoms with Crippen LogP contribution in [-0.2, 0) is 4.79 Å². The largest absolute Gasteiger partial charge is 0.482 e. The lowest BCUT2D eigenvalue weighted by Crippen LogP contribution is -2.34. The van der Waals surface area contributed by atoms with Crippen LogP contribution in [0.5, 0.6) is 5.75 Å². The van der Waals surface area contributed by atoms with E-state index in [0.717, 1.165) is 4.68 Å². The van der Waals surface area contributed by atoms with Gasteiger partial charge in [-0.1, -0.05) is 11.6 Å². The summed E-state index contributed by atoms with van der Waals surface area (Å²) in [6, 6.07) is 12.2. The molecule has 0 fully saturated rings. The number of nitrogens with one attached hydrogen (secondary N) is 1. The highest BCUT2D eigenvalue weighted by Crippen LogP contribution is 2.28. The van der Waals surface area contributed by atoms with E-state index in [4.69, 9.17) is 16.3 Å². The summed E-state index contributed by atoms with van der Waals surface area (Å²) in [5.74, 6) is -0.885. The van der Waals surface area contributed by atoms with Crippen molar-refractivity contribution in [2.45, 2.75) is 13.8 Å². The summed E-state index contributed by atoms with van der Waals surface area (Å²) in [4.78, 5) is 38.5. The Hall–Kier alpha value is -3.72. The Bertz CT molecular complexity index is 1210. The van der Waals surface area contributed by atoms with Gasteiger partial charge in [0.1, 0.15) is 17.3 Å². The zero-order chi connectivity index (χ0) is 24.0. The number of carbonyl (C=O) groups is 2. The molecule has 3 aromatic rings. The molecule has 0 saturated carbocycles. The van der Waals surface area contributed by atoms with Gasteiger partial charge in [0.25, 0.3) is 17.4 Å². The highest BCUT2D eigenvalue weighted by molar-refractivity contribution is 6.32. The molecule has 0 spiro atoms. The molecule has 172 valence electrons. The van der Waals surface area contributed by atoms with Gasteiger partial charge in [-0.05, 0) is 62.4 Å². The van der Waals surface area contributed by atoms with Crippen LogP contribution >= 0.6 is 11.6 Å². The van der Waals surface area contributed by atoms with Crippen molar-refractivity contribution >= 4 is 29.1 Å². The summed E-state index contributed by atoms with van der Waals surface area (Å²) in [5, 5.41) is 6.91. The quantitative estimate of drug-likeness (QED) is 0.541. The van der Waals surface area contributed by atoms with Gasteiger partial charge in [-0.3, -0.25) is 14.4 Å². The first-order valence-electron chi connectivity index (χ1n) is 10.2. The molecule has 0 radical (unpaired) electrons. The highest BCUT2D eigenvalue weighted by atomic mass is 35.5. The van der Waals surface area contributed by atoms with Crippen LogP contribution in [0.3, 0.4) is 0 Å². The number of rotatable bonds is 8. The van der Waals surface area contributed by atoms with E-state index < -0.39 is 17.3 Å². The summed E-state index contributed by atoms with van der Waals surface area (Å²) in [7, 11) is 0. The minimum Gasteiger partial charge on any atom is -0.482 e. The predicted molar refractivity (Wildman–Crippen MR) is 123 cm³/mol. The lowest BCUT2D eigenvalue weighted by Gasteiger charge is -2.19. The molecular formula is C23H22ClFN4O4. The monoisotopic (exact) mass is 472 g/mol. The molecule has 2 aromatic carbocycles. The first-order chi connectivity index (χ1) is 15.8. The number of hydrogen-bond acceptors (Lipinski definition) is 5. The zero-order valence-electron chi connectivity index (χ0n) is 18.0. The van der Waals surface area contributed by atoms with Gasteiger partial charge in [-0.15, -0.1) is 0 Å². The van der Waals surface area contributed by atoms with Gasteiger partial charge in [0.15, 0.2) is 6.61 Å². The SMILES string of the molecule is CCN(CC)C(=O)COc1ccc(NC(=O)c2ccc(=O)n(-c3ccc(F)cc3)n2)cc1Cl. The van der Waals surface area contributed by atoms with Crippen LogP contribution in [0.2, 0.25) is 5.02 Å². The van der Waals surface area contributed by atoms with Gasteiger partial charge in [-0.25, -0.2) is 4.39 Å². The fourth-order valence-electron chi connectivity index (χ4n) is 3.00. The zero-order valence-corrected chi connectivity index (χ0v) is 18.8. The van der Waals surface area contributed by atoms with E-state index in [0.29, 0.717) is 30.2 Å². The number of ether oxygens (including phenoxy) is 1. The highest BCUT2D eigenvalue weighted by Gasteiger charge is 2.14. The van der Waals surface area contributed by atoms with E-state index in [1.54, 1.807) is 17.0 Å². The molecule has 10 heteroatoms. The molecule has 1 heterocycles. The lowest BCUT2D eigenvalue weighted by atomic mass is 10.2. The molecule has 8 nitrogen and oxygen atoms in total. The molecule has 33 heavy (non-hydrogen) atoms. The van der Waals surface area contributed by atoms with Crippen LogP contribution in [-0.4, -0.2) is 46.2 Å². The molecule has 0 aliphatic heterocycles. The number of aromatic nitrogens is 2. The molecule has 0 bridgehead atoms. The van der Waals surface area contributed by atoms with E-state index in [9.17, 15) is 18.8 Å². The maximum atomic E-state index is 13.2. The van der Waals surface area contributed by atoms with Crippen LogP contribution in [0.25, 0.3) is 5.69 Å². The summed E-state index contributed by atoms with van der Waals surface area (Å²) >= 11 is 6.24. The fourth-order valence-corrected chi connectivity index (χ4v) is 3.23. The lowest BCUT2D eigenvalue weighted by molar-refractivity contribution is -0.132. The topological polar surface area (TPSA) is 93.5 Å². The number of likely N-dealkylation sites (N-methyl/N-ethyl adjacent to an activating group) is 1. The van der Waals surface area contributed by atoms with Crippen molar-refractivity contribution in [1.29, 1.82) is 0 Å². The first kappa shape index (κ1) is 23.9. The number of benzene rings is 2. The number of carbonyl (C=O) groups excluding carboxylic acids is 2. The van der Waals surface area contributed by atoms with Crippen molar-refractivity contribution in [3.63, 3.8) is 0 Å². The average Bonchev–Trinajstić information content (AvgIpc) is 2.80. The van der Waals surface area contributed by atoms with Crippen molar-refractivity contribution in [3.05, 3.63) is 81.5 Å². The van der Waals surface area contributed by atoms with E-state index in [2.05, 4.69) is 10.4 Å². The van der Waals surface area contributed by atoms with Gasteiger partial charge in [0.05, 0.1) is 10.7 Å². The van der Waals surface area contributed by atoms with Gasteiger partial charge >= 0.3 is 0 Å². The molecule has 0 aliphatic carbocycles. The molecule has 3 rings (SSSR count). The average molecular weight is 473 g/mol. The Morgan fingerprint density at radius 1 is 1.09 bits per heavy atom. The molecule has 0 unspecified atom stereocenters. The van der Waals surface area contributed by atoms with Crippen molar-refractivity contribution in [3.8, 4) is 11.4 Å². The summed E-state index contributed by atoms with van der Waals surface area (Å²) in [6.45, 7) is 4.78. The van der Waals surface area contributed by atoms with Crippen molar-refractivity contribution in [2.24, 2.45) is 0 Å². The van der Waals surface area contributed by atoms with E-state index >= 15 is 0 Å². The smallest absolute Gasteiger partial charge is 0.276 e. The Kier molecular flexibility index (Phi) is 7.78. The molecule has 1 aromatic heterocycles. The Morgan fingerprint density at radius 2 is 1.79 bits per heavy atom. The first-order valence-corrected chi connectivity index (χ1v) is 10.6. The normalized spacial score (nSPS) is 10.5.